The van der Waals surface area contributed by atoms with Gasteiger partial charge in [-0.1, -0.05) is 159 Å². The summed E-state index contributed by atoms with van der Waals surface area (Å²) < 4.78 is 274. The maximum Gasteiger partial charge on any atom is 0.300 e. The fourth-order valence-electron chi connectivity index (χ4n) is 13.6. The Bertz CT molecular complexity index is 4020. The smallest absolute Gasteiger partial charge is 0.300 e. The number of aryl methyl sites for hydroxylation is 1. The largest absolute Gasteiger partial charge is 0.369 e. The zero-order chi connectivity index (χ0) is 70.1. The van der Waals surface area contributed by atoms with Gasteiger partial charge in [0.2, 0.25) is 0 Å². The van der Waals surface area contributed by atoms with Crippen molar-refractivity contribution in [3.63, 3.8) is 0 Å². The SMILES string of the molecule is CC(C)c1ccc(C(C)(C)c2c(F)c(F)c(S(=O)(=O)O)c(F)c2F)cc1.COC(C)(c1cc(C)ccc1C(C)C)c1c(F)c(F)c(S(=O)(=O)O)c(F)c1F.O=S(=O)(O)c1c(F)c(F)c(CCc2c(C3CCCCC3)cc(C3CCCCC3)cc2C2CCCCC2)c(F)c1F. The van der Waals surface area contributed by atoms with Crippen LogP contribution in [0.4, 0.5) is 52.7 Å². The second kappa shape index (κ2) is 29.9. The van der Waals surface area contributed by atoms with Crippen LogP contribution in [0.5, 0.6) is 0 Å². The maximum atomic E-state index is 15.0. The van der Waals surface area contributed by atoms with Gasteiger partial charge in [-0.25, -0.2) is 52.7 Å². The van der Waals surface area contributed by atoms with Crippen LogP contribution >= 0.6 is 0 Å². The average Bonchev–Trinajstić information content (AvgIpc) is 0.746. The molecule has 0 heterocycles. The molecule has 516 valence electrons. The molecule has 1 unspecified atom stereocenters. The van der Waals surface area contributed by atoms with E-state index in [0.717, 1.165) is 69.6 Å². The summed E-state index contributed by atoms with van der Waals surface area (Å²) >= 11 is 0. The lowest BCUT2D eigenvalue weighted by atomic mass is 9.72. The topological polar surface area (TPSA) is 172 Å². The molecule has 0 spiro atoms. The van der Waals surface area contributed by atoms with E-state index in [1.165, 1.54) is 82.4 Å². The fraction of sp³-hybridized carbons (Fsp3) is 0.478. The molecule has 0 aromatic heterocycles. The van der Waals surface area contributed by atoms with Crippen molar-refractivity contribution < 1.29 is 96.3 Å². The van der Waals surface area contributed by atoms with E-state index in [1.54, 1.807) is 49.4 Å². The Hall–Kier alpha value is -5.83. The zero-order valence-electron chi connectivity index (χ0n) is 53.6. The summed E-state index contributed by atoms with van der Waals surface area (Å²) in [4.78, 5) is -6.10. The van der Waals surface area contributed by atoms with Crippen LogP contribution in [0.2, 0.25) is 0 Å². The average molecular weight is 1390 g/mol. The van der Waals surface area contributed by atoms with Crippen LogP contribution in [0.3, 0.4) is 0 Å². The molecule has 3 N–H and O–H groups in total. The second-order valence-corrected chi connectivity index (χ2v) is 30.1. The normalized spacial score (nSPS) is 16.4. The Balaban J connectivity index is 0.000000206. The Kier molecular flexibility index (Phi) is 24.0. The van der Waals surface area contributed by atoms with Crippen LogP contribution in [0.25, 0.3) is 0 Å². The molecular formula is C69H78F12O10S3. The number of ether oxygens (including phenoxy) is 1. The highest BCUT2D eigenvalue weighted by Crippen LogP contribution is 2.47. The van der Waals surface area contributed by atoms with E-state index >= 15 is 0 Å². The van der Waals surface area contributed by atoms with Gasteiger partial charge >= 0.3 is 30.4 Å². The molecule has 25 heteroatoms. The maximum absolute atomic E-state index is 15.0. The second-order valence-electron chi connectivity index (χ2n) is 26.0. The van der Waals surface area contributed by atoms with Crippen molar-refractivity contribution in [3.05, 3.63) is 191 Å². The molecule has 9 rings (SSSR count). The summed E-state index contributed by atoms with van der Waals surface area (Å²) in [6.07, 6.45) is 17.1. The van der Waals surface area contributed by atoms with E-state index < -0.39 is 143 Å². The molecule has 1 atom stereocenters. The predicted molar refractivity (Wildman–Crippen MR) is 331 cm³/mol. The van der Waals surface area contributed by atoms with Gasteiger partial charge in [0.25, 0.3) is 0 Å². The van der Waals surface area contributed by atoms with Gasteiger partial charge in [-0.2, -0.15) is 25.3 Å². The first-order valence-corrected chi connectivity index (χ1v) is 35.5. The first-order valence-electron chi connectivity index (χ1n) is 31.2. The lowest BCUT2D eigenvalue weighted by molar-refractivity contribution is 0.0301. The number of benzene rings is 6. The summed E-state index contributed by atoms with van der Waals surface area (Å²) in [6, 6.07) is 16.4. The molecule has 0 amide bonds. The molecule has 94 heavy (non-hydrogen) atoms. The van der Waals surface area contributed by atoms with Crippen molar-refractivity contribution in [1.29, 1.82) is 0 Å². The van der Waals surface area contributed by atoms with Crippen molar-refractivity contribution in [2.75, 3.05) is 7.11 Å². The molecule has 0 aliphatic heterocycles. The molecule has 10 nitrogen and oxygen atoms in total. The number of halogens is 12. The number of methoxy groups -OCH3 is 1. The Morgan fingerprint density at radius 1 is 0.447 bits per heavy atom. The molecule has 3 aliphatic rings. The van der Waals surface area contributed by atoms with Crippen LogP contribution in [-0.2, 0) is 58.9 Å². The fourth-order valence-corrected chi connectivity index (χ4v) is 15.5. The van der Waals surface area contributed by atoms with E-state index in [1.807, 2.05) is 27.7 Å². The van der Waals surface area contributed by atoms with Crippen molar-refractivity contribution in [2.45, 2.75) is 220 Å². The van der Waals surface area contributed by atoms with E-state index in [0.29, 0.717) is 34.4 Å². The van der Waals surface area contributed by atoms with Crippen LogP contribution in [0.15, 0.2) is 69.3 Å². The highest BCUT2D eigenvalue weighted by molar-refractivity contribution is 7.86. The standard InChI is InChI=1S/C32H40F4O3S.C19H20F4O4S.C18H18F4O3S/c33-28-25(29(34)31(36)32(30(28)35)40(37,38)39)17-16-24-26(21-12-6-2-7-13-21)18-23(20-10-4-1-5-11-20)19-27(24)22-14-8-3-9-15-22;1-9(2)11-7-6-10(3)8-12(11)19(4,27-5)13-14(20)16(22)18(28(24,25)26)17(23)15(13)21;1-9(2)10-5-7-11(8-6-10)18(3,4)12-13(19)15(21)17(26(23,24)25)16(22)14(12)20/h18-22H,1-17H2,(H,37,38,39);6-9H,1-5H3,(H,24,25,26);5-9H,1-4H3,(H,23,24,25). The van der Waals surface area contributed by atoms with Gasteiger partial charge in [0, 0.05) is 23.7 Å². The van der Waals surface area contributed by atoms with E-state index in [2.05, 4.69) is 12.1 Å². The molecular weight excluding hydrogens is 1310 g/mol. The van der Waals surface area contributed by atoms with E-state index in [-0.39, 0.29) is 30.2 Å². The number of hydrogen-bond acceptors (Lipinski definition) is 7. The van der Waals surface area contributed by atoms with Crippen molar-refractivity contribution in [2.24, 2.45) is 0 Å². The monoisotopic (exact) mass is 1390 g/mol. The minimum Gasteiger partial charge on any atom is -0.369 e. The molecule has 0 radical (unpaired) electrons. The van der Waals surface area contributed by atoms with Crippen LogP contribution in [0.1, 0.15) is 241 Å². The third-order valence-corrected chi connectivity index (χ3v) is 21.4. The first kappa shape index (κ1) is 75.5. The number of rotatable bonds is 16. The molecule has 3 saturated carbocycles. The third-order valence-electron chi connectivity index (χ3n) is 18.8. The molecule has 6 aromatic rings. The molecule has 0 bridgehead atoms. The van der Waals surface area contributed by atoms with Crippen molar-refractivity contribution in [1.82, 2.24) is 0 Å². The summed E-state index contributed by atoms with van der Waals surface area (Å²) in [7, 11) is -15.4. The Labute approximate surface area is 542 Å². The van der Waals surface area contributed by atoms with Crippen molar-refractivity contribution in [3.8, 4) is 0 Å². The molecule has 0 saturated heterocycles. The predicted octanol–water partition coefficient (Wildman–Crippen LogP) is 19.2. The van der Waals surface area contributed by atoms with Gasteiger partial charge in [0.15, 0.2) is 84.5 Å². The third kappa shape index (κ3) is 15.8. The van der Waals surface area contributed by atoms with Gasteiger partial charge in [0.1, 0.15) is 5.60 Å². The minimum absolute atomic E-state index is 0.122. The minimum atomic E-state index is -5.54. The highest BCUT2D eigenvalue weighted by Gasteiger charge is 2.44. The van der Waals surface area contributed by atoms with Gasteiger partial charge in [-0.05, 0) is 139 Å². The zero-order valence-corrected chi connectivity index (χ0v) is 56.0. The van der Waals surface area contributed by atoms with Gasteiger partial charge < -0.3 is 4.74 Å². The van der Waals surface area contributed by atoms with Crippen LogP contribution < -0.4 is 0 Å². The Morgan fingerprint density at radius 3 is 1.15 bits per heavy atom. The summed E-state index contributed by atoms with van der Waals surface area (Å²) in [5.41, 5.74) is 1.41. The lowest BCUT2D eigenvalue weighted by Crippen LogP contribution is -2.32. The quantitative estimate of drug-likeness (QED) is 0.0481. The van der Waals surface area contributed by atoms with E-state index in [9.17, 15) is 77.9 Å². The lowest BCUT2D eigenvalue weighted by Gasteiger charge is -2.33. The molecule has 3 aliphatic carbocycles. The summed E-state index contributed by atoms with van der Waals surface area (Å²) in [5.74, 6) is -22.8. The van der Waals surface area contributed by atoms with Gasteiger partial charge in [-0.15, -0.1) is 0 Å². The summed E-state index contributed by atoms with van der Waals surface area (Å²) in [5, 5.41) is 0. The first-order chi connectivity index (χ1) is 43.7. The van der Waals surface area contributed by atoms with Gasteiger partial charge in [-0.3, -0.25) is 13.7 Å². The summed E-state index contributed by atoms with van der Waals surface area (Å²) in [6.45, 7) is 13.2. The molecule has 6 aromatic carbocycles. The Morgan fingerprint density at radius 2 is 0.798 bits per heavy atom. The van der Waals surface area contributed by atoms with Crippen LogP contribution in [-0.4, -0.2) is 46.0 Å². The van der Waals surface area contributed by atoms with Gasteiger partial charge in [0.05, 0.1) is 5.56 Å². The highest BCUT2D eigenvalue weighted by atomic mass is 32.2. The van der Waals surface area contributed by atoms with E-state index in [4.69, 9.17) is 18.4 Å². The molecule has 3 fully saturated rings. The van der Waals surface area contributed by atoms with Crippen LogP contribution in [0, 0.1) is 76.7 Å². The van der Waals surface area contributed by atoms with Crippen molar-refractivity contribution >= 4 is 30.4 Å². The number of hydrogen-bond donors (Lipinski definition) is 3.